The molecule has 0 unspecified atom stereocenters. The molecule has 0 spiro atoms. The van der Waals surface area contributed by atoms with Crippen LogP contribution < -0.4 is 21.3 Å². The molecule has 0 fully saturated rings. The van der Waals surface area contributed by atoms with Crippen molar-refractivity contribution >= 4 is 45.9 Å². The number of thiazole rings is 2. The highest BCUT2D eigenvalue weighted by molar-refractivity contribution is 7.14. The van der Waals surface area contributed by atoms with Gasteiger partial charge in [0.05, 0.1) is 11.4 Å². The van der Waals surface area contributed by atoms with E-state index in [2.05, 4.69) is 31.2 Å². The lowest BCUT2D eigenvalue weighted by atomic mass is 9.94. The second kappa shape index (κ2) is 10.4. The zero-order chi connectivity index (χ0) is 26.2. The normalized spacial score (nSPS) is 14.5. The van der Waals surface area contributed by atoms with Crippen LogP contribution in [0.4, 0.5) is 11.4 Å². The summed E-state index contributed by atoms with van der Waals surface area (Å²) in [7, 11) is 0. The number of hydrogen-bond acceptors (Lipinski definition) is 8. The monoisotopic (exact) mass is 544 g/mol. The SMILES string of the molecule is Cc1c(NC(=O)c2nc3c(s2)CNCC3)cccc1-c1cccc(NC(=O)c2nc3c(s2)CNCC3)c1C. The van der Waals surface area contributed by atoms with Crippen LogP contribution in [0.15, 0.2) is 36.4 Å². The molecule has 2 aromatic carbocycles. The number of carbonyl (C=O) groups excluding carboxylic acids is 2. The Morgan fingerprint density at radius 2 is 1.18 bits per heavy atom. The first-order valence-electron chi connectivity index (χ1n) is 12.7. The van der Waals surface area contributed by atoms with E-state index in [1.807, 2.05) is 50.2 Å². The molecule has 0 aliphatic carbocycles. The predicted octanol–water partition coefficient (Wildman–Crippen LogP) is 4.68. The molecular formula is C28H28N6O2S2. The van der Waals surface area contributed by atoms with E-state index in [1.54, 1.807) is 0 Å². The number of hydrogen-bond donors (Lipinski definition) is 4. The maximum Gasteiger partial charge on any atom is 0.284 e. The first-order valence-corrected chi connectivity index (χ1v) is 14.3. The summed E-state index contributed by atoms with van der Waals surface area (Å²) in [6.07, 6.45) is 1.70. The summed E-state index contributed by atoms with van der Waals surface area (Å²) >= 11 is 2.90. The Bertz CT molecular complexity index is 1390. The van der Waals surface area contributed by atoms with Crippen LogP contribution in [-0.4, -0.2) is 34.9 Å². The topological polar surface area (TPSA) is 108 Å². The minimum Gasteiger partial charge on any atom is -0.320 e. The van der Waals surface area contributed by atoms with Crippen molar-refractivity contribution in [3.05, 3.63) is 78.7 Å². The molecule has 8 nitrogen and oxygen atoms in total. The lowest BCUT2D eigenvalue weighted by molar-refractivity contribution is 0.101. The molecule has 194 valence electrons. The smallest absolute Gasteiger partial charge is 0.284 e. The van der Waals surface area contributed by atoms with Crippen LogP contribution >= 0.6 is 22.7 Å². The fraction of sp³-hybridized carbons (Fsp3) is 0.286. The Balaban J connectivity index is 1.23. The van der Waals surface area contributed by atoms with Crippen LogP contribution in [0.25, 0.3) is 11.1 Å². The van der Waals surface area contributed by atoms with Crippen molar-refractivity contribution in [3.8, 4) is 11.1 Å². The van der Waals surface area contributed by atoms with Gasteiger partial charge in [0.25, 0.3) is 11.8 Å². The van der Waals surface area contributed by atoms with Crippen LogP contribution in [0, 0.1) is 13.8 Å². The Hall–Kier alpha value is -3.44. The molecule has 2 aliphatic heterocycles. The molecule has 2 aliphatic rings. The standard InChI is InChI=1S/C28H28N6O2S2/c1-15-17(5-3-7-19(15)31-25(35)27-33-21-9-11-29-13-23(21)37-27)18-6-4-8-20(16(18)2)32-26(36)28-34-22-10-12-30-14-24(22)38-28/h3-8,29-30H,9-14H2,1-2H3,(H,31,35)(H,32,36). The molecular weight excluding hydrogens is 516 g/mol. The van der Waals surface area contributed by atoms with E-state index in [1.165, 1.54) is 22.7 Å². The molecule has 2 amide bonds. The number of benzene rings is 2. The third-order valence-corrected chi connectivity index (χ3v) is 9.24. The average Bonchev–Trinajstić information content (AvgIpc) is 3.56. The summed E-state index contributed by atoms with van der Waals surface area (Å²) in [5, 5.41) is 13.8. The second-order valence-corrected chi connectivity index (χ2v) is 11.7. The summed E-state index contributed by atoms with van der Waals surface area (Å²) in [4.78, 5) is 37.5. The van der Waals surface area contributed by atoms with Gasteiger partial charge in [-0.25, -0.2) is 9.97 Å². The number of anilines is 2. The first-order chi connectivity index (χ1) is 18.5. The van der Waals surface area contributed by atoms with E-state index in [-0.39, 0.29) is 11.8 Å². The number of nitrogens with one attached hydrogen (secondary N) is 4. The van der Waals surface area contributed by atoms with Crippen molar-refractivity contribution in [2.75, 3.05) is 23.7 Å². The van der Waals surface area contributed by atoms with Gasteiger partial charge in [0.15, 0.2) is 10.0 Å². The van der Waals surface area contributed by atoms with Gasteiger partial charge in [-0.2, -0.15) is 0 Å². The van der Waals surface area contributed by atoms with E-state index in [4.69, 9.17) is 0 Å². The summed E-state index contributed by atoms with van der Waals surface area (Å²) in [6.45, 7) is 7.32. The van der Waals surface area contributed by atoms with Gasteiger partial charge in [-0.15, -0.1) is 22.7 Å². The van der Waals surface area contributed by atoms with Gasteiger partial charge in [0, 0.05) is 60.1 Å². The second-order valence-electron chi connectivity index (χ2n) is 9.50. The Labute approximate surface area is 228 Å². The summed E-state index contributed by atoms with van der Waals surface area (Å²) in [6, 6.07) is 11.8. The Morgan fingerprint density at radius 1 is 0.737 bits per heavy atom. The molecule has 4 aromatic rings. The van der Waals surface area contributed by atoms with Crippen LogP contribution in [0.3, 0.4) is 0 Å². The zero-order valence-corrected chi connectivity index (χ0v) is 22.9. The average molecular weight is 545 g/mol. The third-order valence-electron chi connectivity index (χ3n) is 7.05. The van der Waals surface area contributed by atoms with E-state index in [0.717, 1.165) is 93.8 Å². The van der Waals surface area contributed by atoms with Gasteiger partial charge < -0.3 is 21.3 Å². The van der Waals surface area contributed by atoms with Gasteiger partial charge >= 0.3 is 0 Å². The molecule has 0 atom stereocenters. The lowest BCUT2D eigenvalue weighted by Crippen LogP contribution is -2.22. The largest absolute Gasteiger partial charge is 0.320 e. The summed E-state index contributed by atoms with van der Waals surface area (Å²) in [5.41, 5.74) is 7.43. The number of nitrogens with zero attached hydrogens (tertiary/aromatic N) is 2. The van der Waals surface area contributed by atoms with Gasteiger partial charge in [-0.05, 0) is 48.2 Å². The molecule has 10 heteroatoms. The molecule has 0 saturated heterocycles. The van der Waals surface area contributed by atoms with E-state index in [9.17, 15) is 9.59 Å². The van der Waals surface area contributed by atoms with Gasteiger partial charge in [0.1, 0.15) is 0 Å². The predicted molar refractivity (Wildman–Crippen MR) is 152 cm³/mol. The van der Waals surface area contributed by atoms with Crippen molar-refractivity contribution in [3.63, 3.8) is 0 Å². The molecule has 0 bridgehead atoms. The van der Waals surface area contributed by atoms with Crippen LogP contribution in [0.2, 0.25) is 0 Å². The maximum atomic E-state index is 13.0. The van der Waals surface area contributed by atoms with Gasteiger partial charge in [-0.3, -0.25) is 9.59 Å². The number of fused-ring (bicyclic) bond motifs is 2. The summed E-state index contributed by atoms with van der Waals surface area (Å²) in [5.74, 6) is -0.382. The fourth-order valence-electron chi connectivity index (χ4n) is 4.92. The minimum absolute atomic E-state index is 0.191. The van der Waals surface area contributed by atoms with Crippen molar-refractivity contribution in [1.29, 1.82) is 0 Å². The van der Waals surface area contributed by atoms with E-state index in [0.29, 0.717) is 10.0 Å². The number of amides is 2. The lowest BCUT2D eigenvalue weighted by Gasteiger charge is -2.16. The van der Waals surface area contributed by atoms with Crippen molar-refractivity contribution in [2.24, 2.45) is 0 Å². The molecule has 0 radical (unpaired) electrons. The quantitative estimate of drug-likeness (QED) is 0.291. The molecule has 2 aromatic heterocycles. The maximum absolute atomic E-state index is 13.0. The first kappa shape index (κ1) is 24.9. The molecule has 38 heavy (non-hydrogen) atoms. The third kappa shape index (κ3) is 4.76. The summed E-state index contributed by atoms with van der Waals surface area (Å²) < 4.78 is 0. The van der Waals surface area contributed by atoms with Crippen LogP contribution in [0.5, 0.6) is 0 Å². The van der Waals surface area contributed by atoms with Gasteiger partial charge in [0.2, 0.25) is 0 Å². The highest BCUT2D eigenvalue weighted by Crippen LogP contribution is 2.34. The van der Waals surface area contributed by atoms with Crippen LogP contribution in [-0.2, 0) is 25.9 Å². The van der Waals surface area contributed by atoms with Gasteiger partial charge in [-0.1, -0.05) is 24.3 Å². The van der Waals surface area contributed by atoms with E-state index >= 15 is 0 Å². The zero-order valence-electron chi connectivity index (χ0n) is 21.2. The highest BCUT2D eigenvalue weighted by Gasteiger charge is 2.22. The molecule has 4 heterocycles. The highest BCUT2D eigenvalue weighted by atomic mass is 32.1. The van der Waals surface area contributed by atoms with Crippen molar-refractivity contribution in [1.82, 2.24) is 20.6 Å². The molecule has 0 saturated carbocycles. The number of rotatable bonds is 5. The minimum atomic E-state index is -0.191. The van der Waals surface area contributed by atoms with Crippen LogP contribution in [0.1, 0.15) is 51.9 Å². The fourth-order valence-corrected chi connectivity index (χ4v) is 6.87. The number of aromatic nitrogens is 2. The number of carbonyl (C=O) groups is 2. The Kier molecular flexibility index (Phi) is 6.79. The van der Waals surface area contributed by atoms with Crippen molar-refractivity contribution in [2.45, 2.75) is 39.8 Å². The Morgan fingerprint density at radius 3 is 1.61 bits per heavy atom. The molecule has 4 N–H and O–H groups in total. The van der Waals surface area contributed by atoms with Crippen molar-refractivity contribution < 1.29 is 9.59 Å². The molecule has 6 rings (SSSR count). The van der Waals surface area contributed by atoms with E-state index < -0.39 is 0 Å².